The highest BCUT2D eigenvalue weighted by molar-refractivity contribution is 6.30. The molecule has 0 aromatic heterocycles. The number of anilines is 1. The van der Waals surface area contributed by atoms with Gasteiger partial charge in [-0.15, -0.1) is 0 Å². The number of nitrogens with one attached hydrogen (secondary N) is 1. The molecule has 0 spiro atoms. The summed E-state index contributed by atoms with van der Waals surface area (Å²) < 4.78 is 0. The lowest BCUT2D eigenvalue weighted by Crippen LogP contribution is -2.37. The quantitative estimate of drug-likeness (QED) is 0.788. The van der Waals surface area contributed by atoms with E-state index in [2.05, 4.69) is 36.3 Å². The first-order valence-electron chi connectivity index (χ1n) is 6.94. The van der Waals surface area contributed by atoms with E-state index >= 15 is 0 Å². The van der Waals surface area contributed by atoms with Crippen molar-refractivity contribution in [2.45, 2.75) is 45.2 Å². The Morgan fingerprint density at radius 1 is 1.39 bits per heavy atom. The van der Waals surface area contributed by atoms with Crippen LogP contribution < -0.4 is 10.2 Å². The second-order valence-corrected chi connectivity index (χ2v) is 5.58. The van der Waals surface area contributed by atoms with E-state index in [0.29, 0.717) is 0 Å². The molecule has 2 nitrogen and oxygen atoms in total. The van der Waals surface area contributed by atoms with Crippen molar-refractivity contribution >= 4 is 17.3 Å². The maximum Gasteiger partial charge on any atom is 0.0412 e. The molecular formula is C15H23ClN2. The molecule has 0 aliphatic heterocycles. The summed E-state index contributed by atoms with van der Waals surface area (Å²) in [5.74, 6) is 0. The topological polar surface area (TPSA) is 15.3 Å². The van der Waals surface area contributed by atoms with E-state index in [0.717, 1.165) is 30.6 Å². The van der Waals surface area contributed by atoms with Crippen molar-refractivity contribution in [3.05, 3.63) is 28.8 Å². The maximum absolute atomic E-state index is 6.12. The zero-order valence-corrected chi connectivity index (χ0v) is 12.1. The molecule has 0 saturated heterocycles. The summed E-state index contributed by atoms with van der Waals surface area (Å²) in [5, 5.41) is 4.29. The first-order chi connectivity index (χ1) is 8.72. The lowest BCUT2D eigenvalue weighted by molar-refractivity contribution is 0.400. The molecule has 0 atom stereocenters. The Bertz CT molecular complexity index is 388. The molecule has 1 aliphatic rings. The number of benzene rings is 1. The molecule has 0 heterocycles. The van der Waals surface area contributed by atoms with Gasteiger partial charge in [-0.05, 0) is 56.0 Å². The monoisotopic (exact) mass is 266 g/mol. The summed E-state index contributed by atoms with van der Waals surface area (Å²) in [6.07, 6.45) is 5.17. The van der Waals surface area contributed by atoms with Crippen LogP contribution in [-0.4, -0.2) is 19.6 Å². The zero-order valence-electron chi connectivity index (χ0n) is 11.4. The predicted octanol–water partition coefficient (Wildman–Crippen LogP) is 3.83. The van der Waals surface area contributed by atoms with Crippen LogP contribution in [0.3, 0.4) is 0 Å². The summed E-state index contributed by atoms with van der Waals surface area (Å²) in [7, 11) is 2.20. The highest BCUT2D eigenvalue weighted by Crippen LogP contribution is 2.31. The van der Waals surface area contributed by atoms with Crippen LogP contribution in [0, 0.1) is 0 Å². The number of nitrogens with zero attached hydrogens (tertiary/aromatic N) is 1. The van der Waals surface area contributed by atoms with Gasteiger partial charge in [-0.25, -0.2) is 0 Å². The van der Waals surface area contributed by atoms with Crippen LogP contribution in [0.5, 0.6) is 0 Å². The molecule has 1 aromatic rings. The second kappa shape index (κ2) is 6.44. The SMILES string of the molecule is CCCNCc1cc(Cl)ccc1N(C)C1CCC1. The lowest BCUT2D eigenvalue weighted by Gasteiger charge is -2.37. The average Bonchev–Trinajstić information content (AvgIpc) is 2.27. The van der Waals surface area contributed by atoms with Crippen molar-refractivity contribution in [2.24, 2.45) is 0 Å². The normalized spacial score (nSPS) is 15.5. The van der Waals surface area contributed by atoms with Crippen LogP contribution in [0.1, 0.15) is 38.2 Å². The van der Waals surface area contributed by atoms with Gasteiger partial charge < -0.3 is 10.2 Å². The molecule has 1 fully saturated rings. The minimum atomic E-state index is 0.719. The number of hydrogen-bond donors (Lipinski definition) is 1. The molecule has 3 heteroatoms. The Morgan fingerprint density at radius 2 is 2.17 bits per heavy atom. The maximum atomic E-state index is 6.12. The highest BCUT2D eigenvalue weighted by atomic mass is 35.5. The molecule has 1 N–H and O–H groups in total. The first-order valence-corrected chi connectivity index (χ1v) is 7.32. The van der Waals surface area contributed by atoms with Gasteiger partial charge in [0.25, 0.3) is 0 Å². The van der Waals surface area contributed by atoms with Crippen LogP contribution in [0.2, 0.25) is 5.02 Å². The number of hydrogen-bond acceptors (Lipinski definition) is 2. The molecule has 0 unspecified atom stereocenters. The van der Waals surface area contributed by atoms with Gasteiger partial charge in [0.1, 0.15) is 0 Å². The zero-order chi connectivity index (χ0) is 13.0. The van der Waals surface area contributed by atoms with Gasteiger partial charge in [-0.2, -0.15) is 0 Å². The Balaban J connectivity index is 2.11. The van der Waals surface area contributed by atoms with Crippen LogP contribution >= 0.6 is 11.6 Å². The summed E-state index contributed by atoms with van der Waals surface area (Å²) in [6.45, 7) is 4.15. The molecule has 0 bridgehead atoms. The minimum Gasteiger partial charge on any atom is -0.371 e. The molecule has 1 aliphatic carbocycles. The van der Waals surface area contributed by atoms with E-state index in [4.69, 9.17) is 11.6 Å². The fourth-order valence-corrected chi connectivity index (χ4v) is 2.60. The van der Waals surface area contributed by atoms with Crippen molar-refractivity contribution in [3.8, 4) is 0 Å². The third kappa shape index (κ3) is 3.18. The van der Waals surface area contributed by atoms with Crippen LogP contribution in [-0.2, 0) is 6.54 Å². The lowest BCUT2D eigenvalue weighted by atomic mass is 9.91. The third-order valence-corrected chi connectivity index (χ3v) is 4.02. The summed E-state index contributed by atoms with van der Waals surface area (Å²) in [4.78, 5) is 2.42. The Morgan fingerprint density at radius 3 is 2.78 bits per heavy atom. The molecule has 18 heavy (non-hydrogen) atoms. The van der Waals surface area contributed by atoms with E-state index in [1.807, 2.05) is 6.07 Å². The standard InChI is InChI=1S/C15H23ClN2/c1-3-9-17-11-12-10-13(16)7-8-15(12)18(2)14-5-4-6-14/h7-8,10,14,17H,3-6,9,11H2,1-2H3. The van der Waals surface area contributed by atoms with E-state index in [1.165, 1.54) is 30.5 Å². The van der Waals surface area contributed by atoms with Gasteiger partial charge in [0.15, 0.2) is 0 Å². The molecule has 2 rings (SSSR count). The van der Waals surface area contributed by atoms with Crippen LogP contribution in [0.15, 0.2) is 18.2 Å². The van der Waals surface area contributed by atoms with Crippen LogP contribution in [0.25, 0.3) is 0 Å². The summed E-state index contributed by atoms with van der Waals surface area (Å²) in [6, 6.07) is 6.96. The Hall–Kier alpha value is -0.730. The van der Waals surface area contributed by atoms with E-state index in [9.17, 15) is 0 Å². The van der Waals surface area contributed by atoms with Gasteiger partial charge in [0, 0.05) is 30.3 Å². The van der Waals surface area contributed by atoms with E-state index in [-0.39, 0.29) is 0 Å². The summed E-state index contributed by atoms with van der Waals surface area (Å²) >= 11 is 6.12. The average molecular weight is 267 g/mol. The van der Waals surface area contributed by atoms with Crippen molar-refractivity contribution in [3.63, 3.8) is 0 Å². The molecule has 0 radical (unpaired) electrons. The van der Waals surface area contributed by atoms with Gasteiger partial charge >= 0.3 is 0 Å². The predicted molar refractivity (Wildman–Crippen MR) is 79.5 cm³/mol. The largest absolute Gasteiger partial charge is 0.371 e. The third-order valence-electron chi connectivity index (χ3n) is 3.79. The van der Waals surface area contributed by atoms with Crippen molar-refractivity contribution in [1.29, 1.82) is 0 Å². The highest BCUT2D eigenvalue weighted by Gasteiger charge is 2.23. The van der Waals surface area contributed by atoms with Crippen molar-refractivity contribution < 1.29 is 0 Å². The van der Waals surface area contributed by atoms with E-state index < -0.39 is 0 Å². The molecule has 1 saturated carbocycles. The van der Waals surface area contributed by atoms with Gasteiger partial charge in [-0.1, -0.05) is 18.5 Å². The fourth-order valence-electron chi connectivity index (χ4n) is 2.41. The molecular weight excluding hydrogens is 244 g/mol. The fraction of sp³-hybridized carbons (Fsp3) is 0.600. The van der Waals surface area contributed by atoms with Gasteiger partial charge in [0.05, 0.1) is 0 Å². The Kier molecular flexibility index (Phi) is 4.90. The number of rotatable bonds is 6. The second-order valence-electron chi connectivity index (χ2n) is 5.15. The minimum absolute atomic E-state index is 0.719. The molecule has 0 amide bonds. The Labute approximate surface area is 115 Å². The van der Waals surface area contributed by atoms with Crippen molar-refractivity contribution in [1.82, 2.24) is 5.32 Å². The van der Waals surface area contributed by atoms with Crippen LogP contribution in [0.4, 0.5) is 5.69 Å². The first kappa shape index (κ1) is 13.7. The molecule has 1 aromatic carbocycles. The van der Waals surface area contributed by atoms with Crippen molar-refractivity contribution in [2.75, 3.05) is 18.5 Å². The van der Waals surface area contributed by atoms with Gasteiger partial charge in [-0.3, -0.25) is 0 Å². The van der Waals surface area contributed by atoms with Gasteiger partial charge in [0.2, 0.25) is 0 Å². The summed E-state index contributed by atoms with van der Waals surface area (Å²) in [5.41, 5.74) is 2.64. The number of halogens is 1. The van der Waals surface area contributed by atoms with E-state index in [1.54, 1.807) is 0 Å². The molecule has 100 valence electrons. The smallest absolute Gasteiger partial charge is 0.0412 e.